The molecule has 6 heteroatoms. The molecule has 1 aliphatic heterocycles. The van der Waals surface area contributed by atoms with Crippen LogP contribution in [0.4, 0.5) is 0 Å². The van der Waals surface area contributed by atoms with Crippen LogP contribution in [0.15, 0.2) is 63.8 Å². The molecule has 0 aliphatic carbocycles. The van der Waals surface area contributed by atoms with Crippen molar-refractivity contribution in [3.8, 4) is 0 Å². The summed E-state index contributed by atoms with van der Waals surface area (Å²) in [5, 5.41) is 0.459. The minimum Gasteiger partial charge on any atom is -0.405 e. The van der Waals surface area contributed by atoms with Gasteiger partial charge in [-0.2, -0.15) is 0 Å². The van der Waals surface area contributed by atoms with Crippen LogP contribution < -0.4 is 5.63 Å². The van der Waals surface area contributed by atoms with E-state index in [1.165, 1.54) is 5.56 Å². The van der Waals surface area contributed by atoms with Gasteiger partial charge in [-0.15, -0.1) is 0 Å². The molecule has 3 heterocycles. The van der Waals surface area contributed by atoms with E-state index in [0.29, 0.717) is 41.7 Å². The summed E-state index contributed by atoms with van der Waals surface area (Å²) in [6, 6.07) is 17.0. The van der Waals surface area contributed by atoms with Crippen molar-refractivity contribution in [2.45, 2.75) is 39.0 Å². The number of hydrogen-bond acceptors (Lipinski definition) is 4. The first kappa shape index (κ1) is 21.2. The fourth-order valence-corrected chi connectivity index (χ4v) is 4.89. The van der Waals surface area contributed by atoms with Gasteiger partial charge in [0.25, 0.3) is 5.91 Å². The lowest BCUT2D eigenvalue weighted by Crippen LogP contribution is -2.39. The van der Waals surface area contributed by atoms with Crippen molar-refractivity contribution in [1.29, 1.82) is 0 Å². The summed E-state index contributed by atoms with van der Waals surface area (Å²) in [4.78, 5) is 39.1. The Morgan fingerprint density at radius 1 is 1.06 bits per heavy atom. The number of carbonyl (C=O) groups is 2. The van der Waals surface area contributed by atoms with E-state index < -0.39 is 5.63 Å². The molecule has 1 aliphatic rings. The number of likely N-dealkylation sites (tertiary alicyclic amines) is 1. The van der Waals surface area contributed by atoms with Crippen LogP contribution in [0.5, 0.6) is 0 Å². The van der Waals surface area contributed by atoms with E-state index >= 15 is 0 Å². The quantitative estimate of drug-likeness (QED) is 0.466. The van der Waals surface area contributed by atoms with Gasteiger partial charge in [-0.25, -0.2) is 4.79 Å². The van der Waals surface area contributed by atoms with Gasteiger partial charge in [0, 0.05) is 42.8 Å². The number of rotatable bonds is 4. The molecule has 1 unspecified atom stereocenters. The summed E-state index contributed by atoms with van der Waals surface area (Å²) >= 11 is 0. The Balaban J connectivity index is 1.42. The number of ketones is 1. The Morgan fingerprint density at radius 3 is 2.61 bits per heavy atom. The monoisotopic (exact) mass is 442 g/mol. The van der Waals surface area contributed by atoms with Crippen molar-refractivity contribution < 1.29 is 14.0 Å². The van der Waals surface area contributed by atoms with Gasteiger partial charge in [0.15, 0.2) is 0 Å². The predicted octanol–water partition coefficient (Wildman–Crippen LogP) is 4.51. The third kappa shape index (κ3) is 3.97. The number of aromatic nitrogens is 1. The van der Waals surface area contributed by atoms with Crippen molar-refractivity contribution in [3.63, 3.8) is 0 Å². The fourth-order valence-electron chi connectivity index (χ4n) is 4.89. The number of fused-ring (bicyclic) bond motifs is 3. The second kappa shape index (κ2) is 8.35. The average molecular weight is 443 g/mol. The summed E-state index contributed by atoms with van der Waals surface area (Å²) in [5.41, 5.74) is 4.48. The molecule has 2 aromatic heterocycles. The van der Waals surface area contributed by atoms with E-state index in [0.717, 1.165) is 24.1 Å². The molecule has 0 spiro atoms. The van der Waals surface area contributed by atoms with Crippen LogP contribution in [0.25, 0.3) is 16.6 Å². The molecule has 0 bridgehead atoms. The Bertz CT molecular complexity index is 1430. The molecule has 2 aromatic carbocycles. The molecule has 33 heavy (non-hydrogen) atoms. The summed E-state index contributed by atoms with van der Waals surface area (Å²) < 4.78 is 7.27. The van der Waals surface area contributed by atoms with Gasteiger partial charge in [0.05, 0.1) is 10.9 Å². The number of carbonyl (C=O) groups excluding carboxylic acids is 2. The van der Waals surface area contributed by atoms with E-state index in [4.69, 9.17) is 4.42 Å². The van der Waals surface area contributed by atoms with Crippen LogP contribution in [0, 0.1) is 6.92 Å². The number of piperidine rings is 1. The first-order valence-electron chi connectivity index (χ1n) is 11.3. The number of aryl methyl sites for hydroxylation is 1. The molecular formula is C27H26N2O4. The first-order valence-corrected chi connectivity index (χ1v) is 11.3. The molecule has 4 aromatic rings. The van der Waals surface area contributed by atoms with Crippen molar-refractivity contribution in [2.75, 3.05) is 13.1 Å². The zero-order chi connectivity index (χ0) is 23.1. The van der Waals surface area contributed by atoms with E-state index in [2.05, 4.69) is 12.1 Å². The lowest BCUT2D eigenvalue weighted by atomic mass is 9.89. The van der Waals surface area contributed by atoms with Crippen LogP contribution in [-0.2, 0) is 11.2 Å². The highest BCUT2D eigenvalue weighted by atomic mass is 16.4. The van der Waals surface area contributed by atoms with E-state index in [9.17, 15) is 14.4 Å². The first-order chi connectivity index (χ1) is 15.9. The number of benzene rings is 2. The third-order valence-corrected chi connectivity index (χ3v) is 6.56. The highest BCUT2D eigenvalue weighted by Gasteiger charge is 2.26. The smallest absolute Gasteiger partial charge is 0.346 e. The molecular weight excluding hydrogens is 416 g/mol. The van der Waals surface area contributed by atoms with Gasteiger partial charge in [-0.05, 0) is 62.1 Å². The molecule has 1 amide bonds. The topological polar surface area (TPSA) is 72.0 Å². The summed E-state index contributed by atoms with van der Waals surface area (Å²) in [7, 11) is 0. The van der Waals surface area contributed by atoms with E-state index in [-0.39, 0.29) is 17.6 Å². The predicted molar refractivity (Wildman–Crippen MR) is 127 cm³/mol. The molecule has 6 nitrogen and oxygen atoms in total. The van der Waals surface area contributed by atoms with Crippen LogP contribution in [0.3, 0.4) is 0 Å². The Labute approximate surface area is 191 Å². The maximum atomic E-state index is 13.4. The minimum atomic E-state index is -0.402. The van der Waals surface area contributed by atoms with E-state index in [1.807, 2.05) is 34.4 Å². The standard InChI is InChI=1S/C27H26N2O4/c1-17-5-12-25-29(17)24-15-21(10-11-23(24)27(32)33-25)26(31)28-13-3-4-22(16-28)20-8-6-19(7-9-20)14-18(2)30/h5-12,15,22H,3-4,13-14,16H2,1-2H3. The number of hydrogen-bond donors (Lipinski definition) is 0. The van der Waals surface area contributed by atoms with Gasteiger partial charge in [0.1, 0.15) is 5.78 Å². The molecule has 1 fully saturated rings. The average Bonchev–Trinajstić information content (AvgIpc) is 3.19. The van der Waals surface area contributed by atoms with Crippen molar-refractivity contribution in [3.05, 3.63) is 87.4 Å². The van der Waals surface area contributed by atoms with Crippen LogP contribution in [-0.4, -0.2) is 34.1 Å². The maximum Gasteiger partial charge on any atom is 0.346 e. The molecule has 0 radical (unpaired) electrons. The minimum absolute atomic E-state index is 0.0269. The SMILES string of the molecule is CC(=O)Cc1ccc(C2CCCN(C(=O)c3ccc4c(=O)oc5ccc(C)n5c4c3)C2)cc1. The molecule has 0 N–H and O–H groups in total. The zero-order valence-corrected chi connectivity index (χ0v) is 18.8. The van der Waals surface area contributed by atoms with E-state index in [1.54, 1.807) is 31.2 Å². The molecule has 1 saturated heterocycles. The number of amides is 1. The van der Waals surface area contributed by atoms with Gasteiger partial charge in [0.2, 0.25) is 5.71 Å². The summed E-state index contributed by atoms with van der Waals surface area (Å²) in [5.74, 6) is 0.388. The Hall–Kier alpha value is -3.67. The molecule has 0 saturated carbocycles. The van der Waals surface area contributed by atoms with Gasteiger partial charge >= 0.3 is 5.63 Å². The van der Waals surface area contributed by atoms with Crippen LogP contribution >= 0.6 is 0 Å². The maximum absolute atomic E-state index is 13.4. The Kier molecular flexibility index (Phi) is 5.36. The van der Waals surface area contributed by atoms with Gasteiger partial charge in [-0.1, -0.05) is 24.3 Å². The molecule has 1 atom stereocenters. The third-order valence-electron chi connectivity index (χ3n) is 6.56. The lowest BCUT2D eigenvalue weighted by molar-refractivity contribution is -0.116. The number of nitrogens with zero attached hydrogens (tertiary/aromatic N) is 2. The lowest BCUT2D eigenvalue weighted by Gasteiger charge is -2.33. The fraction of sp³-hybridized carbons (Fsp3) is 0.296. The molecule has 5 rings (SSSR count). The van der Waals surface area contributed by atoms with Crippen molar-refractivity contribution >= 4 is 28.3 Å². The molecule has 168 valence electrons. The van der Waals surface area contributed by atoms with Crippen molar-refractivity contribution in [2.24, 2.45) is 0 Å². The van der Waals surface area contributed by atoms with Gasteiger partial charge < -0.3 is 9.32 Å². The normalized spacial score (nSPS) is 16.4. The largest absolute Gasteiger partial charge is 0.405 e. The van der Waals surface area contributed by atoms with Gasteiger partial charge in [-0.3, -0.25) is 14.0 Å². The highest BCUT2D eigenvalue weighted by Crippen LogP contribution is 2.29. The summed E-state index contributed by atoms with van der Waals surface area (Å²) in [6.07, 6.45) is 2.41. The summed E-state index contributed by atoms with van der Waals surface area (Å²) in [6.45, 7) is 4.90. The van der Waals surface area contributed by atoms with Crippen LogP contribution in [0.1, 0.15) is 52.9 Å². The Morgan fingerprint density at radius 2 is 1.85 bits per heavy atom. The zero-order valence-electron chi connectivity index (χ0n) is 18.8. The second-order valence-electron chi connectivity index (χ2n) is 8.98. The van der Waals surface area contributed by atoms with Crippen molar-refractivity contribution in [1.82, 2.24) is 9.30 Å². The highest BCUT2D eigenvalue weighted by molar-refractivity contribution is 5.98. The number of Topliss-reactive ketones (excluding diaryl/α,β-unsaturated/α-hetero) is 1. The van der Waals surface area contributed by atoms with Crippen LogP contribution in [0.2, 0.25) is 0 Å². The second-order valence-corrected chi connectivity index (χ2v) is 8.98.